The van der Waals surface area contributed by atoms with Crippen molar-refractivity contribution in [1.82, 2.24) is 0 Å². The topological polar surface area (TPSA) is 6.48 Å². The average molecular weight is 1050 g/mol. The summed E-state index contributed by atoms with van der Waals surface area (Å²) in [6.45, 7) is 9.58. The summed E-state index contributed by atoms with van der Waals surface area (Å²) >= 11 is 0. The summed E-state index contributed by atoms with van der Waals surface area (Å²) < 4.78 is 0. The molecule has 0 heterocycles. The quantitative estimate of drug-likeness (QED) is 0.135. The molecule has 4 aliphatic carbocycles. The molecule has 0 bridgehead atoms. The minimum absolute atomic E-state index is 0.170. The lowest BCUT2D eigenvalue weighted by Crippen LogP contribution is -2.17. The van der Waals surface area contributed by atoms with E-state index in [-0.39, 0.29) is 10.8 Å². The van der Waals surface area contributed by atoms with Gasteiger partial charge in [0.25, 0.3) is 0 Å². The second-order valence-corrected chi connectivity index (χ2v) is 24.1. The van der Waals surface area contributed by atoms with Crippen molar-refractivity contribution >= 4 is 84.7 Å². The first-order chi connectivity index (χ1) is 40.1. The number of allylic oxidation sites excluding steroid dienone is 7. The van der Waals surface area contributed by atoms with Crippen molar-refractivity contribution < 1.29 is 0 Å². The third kappa shape index (κ3) is 8.64. The fraction of sp³-hybridized carbons (Fsp3) is 0.125. The molecule has 11 aromatic carbocycles. The maximum Gasteiger partial charge on any atom is 0.0468 e. The van der Waals surface area contributed by atoms with Crippen LogP contribution in [0.15, 0.2) is 260 Å². The molecule has 0 aromatic heterocycles. The summed E-state index contributed by atoms with van der Waals surface area (Å²) in [6.07, 6.45) is 24.0. The minimum Gasteiger partial charge on any atom is -0.310 e. The molecule has 394 valence electrons. The fourth-order valence-corrected chi connectivity index (χ4v) is 13.7. The molecule has 2 nitrogen and oxygen atoms in total. The van der Waals surface area contributed by atoms with Crippen LogP contribution < -0.4 is 9.80 Å². The SMILES string of the molecule is CC1(C)c2cc(/C=C/C3C=CC(/C=C/c4ccc5c(c4)C(C)(C)c4cc(N(c6ccc7ccccc7c6)c6ccc7ccccc7c6)ccc4-5)=CC3)ccc2-c2ccc(N(c3ccc4c(c3)CCC=C4)c3ccc4ccccc4c3)cc21. The van der Waals surface area contributed by atoms with Gasteiger partial charge in [0.2, 0.25) is 0 Å². The molecular weight excluding hydrogens is 989 g/mol. The van der Waals surface area contributed by atoms with E-state index in [1.54, 1.807) is 0 Å². The Morgan fingerprint density at radius 3 is 1.32 bits per heavy atom. The van der Waals surface area contributed by atoms with Crippen LogP contribution in [-0.2, 0) is 17.3 Å². The van der Waals surface area contributed by atoms with Gasteiger partial charge in [0.15, 0.2) is 0 Å². The van der Waals surface area contributed by atoms with Gasteiger partial charge in [-0.25, -0.2) is 0 Å². The van der Waals surface area contributed by atoms with Gasteiger partial charge >= 0.3 is 0 Å². The van der Waals surface area contributed by atoms with Gasteiger partial charge in [-0.15, -0.1) is 0 Å². The highest BCUT2D eigenvalue weighted by Crippen LogP contribution is 2.53. The number of benzene rings is 11. The molecule has 0 fully saturated rings. The van der Waals surface area contributed by atoms with Crippen molar-refractivity contribution in [2.24, 2.45) is 5.92 Å². The number of fused-ring (bicyclic) bond motifs is 10. The third-order valence-electron chi connectivity index (χ3n) is 18.3. The van der Waals surface area contributed by atoms with Gasteiger partial charge in [0.05, 0.1) is 0 Å². The van der Waals surface area contributed by atoms with Crippen molar-refractivity contribution in [3.05, 3.63) is 305 Å². The summed E-state index contributed by atoms with van der Waals surface area (Å²) in [5, 5.41) is 7.44. The molecule has 0 saturated carbocycles. The van der Waals surface area contributed by atoms with Crippen LogP contribution in [0.4, 0.5) is 34.1 Å². The Labute approximate surface area is 482 Å². The molecule has 11 aromatic rings. The lowest BCUT2D eigenvalue weighted by atomic mass is 9.81. The van der Waals surface area contributed by atoms with Crippen LogP contribution in [0.2, 0.25) is 0 Å². The largest absolute Gasteiger partial charge is 0.310 e. The molecule has 15 rings (SSSR count). The summed E-state index contributed by atoms with van der Waals surface area (Å²) in [5.74, 6) is 0.335. The van der Waals surface area contributed by atoms with Crippen LogP contribution in [0.3, 0.4) is 0 Å². The number of hydrogen-bond acceptors (Lipinski definition) is 2. The summed E-state index contributed by atoms with van der Waals surface area (Å²) in [5.41, 5.74) is 23.9. The third-order valence-corrected chi connectivity index (χ3v) is 18.3. The van der Waals surface area contributed by atoms with Gasteiger partial charge < -0.3 is 9.80 Å². The van der Waals surface area contributed by atoms with E-state index in [4.69, 9.17) is 0 Å². The van der Waals surface area contributed by atoms with Crippen LogP contribution >= 0.6 is 0 Å². The van der Waals surface area contributed by atoms with Crippen molar-refractivity contribution in [2.45, 2.75) is 57.8 Å². The molecule has 1 atom stereocenters. The Morgan fingerprint density at radius 2 is 0.817 bits per heavy atom. The van der Waals surface area contributed by atoms with Crippen molar-refractivity contribution in [3.8, 4) is 22.3 Å². The standard InChI is InChI=1S/C80H64N2/c1-79(2)75-45-55(29-41-71(75)73-43-39-69(51-77(73)79)81(65-35-31-57-13-5-9-17-61(57)47-65)66-36-32-58-14-6-10-18-62(58)48-66)27-25-53-21-23-54(24-22-53)26-28-56-30-42-72-74-44-40-70(52-78(74)80(3,4)76(72)46-56)82(67-37-33-59-15-7-11-19-63(59)49-67)68-38-34-60-16-8-12-20-64(60)50-68/h5-11,13-19,21-23,25-52,54H,12,20,24H2,1-4H3/b27-25+,28-26+. The highest BCUT2D eigenvalue weighted by molar-refractivity contribution is 5.95. The molecule has 0 saturated heterocycles. The second-order valence-electron chi connectivity index (χ2n) is 24.1. The summed E-state index contributed by atoms with van der Waals surface area (Å²) in [6, 6.07) is 81.9. The van der Waals surface area contributed by atoms with Crippen LogP contribution in [0.25, 0.3) is 72.8 Å². The average Bonchev–Trinajstić information content (AvgIpc) is 3.44. The molecule has 0 amide bonds. The Bertz CT molecular complexity index is 4490. The van der Waals surface area contributed by atoms with Crippen LogP contribution in [0.5, 0.6) is 0 Å². The number of hydrogen-bond donors (Lipinski definition) is 0. The molecule has 82 heavy (non-hydrogen) atoms. The first-order valence-corrected chi connectivity index (χ1v) is 29.3. The van der Waals surface area contributed by atoms with E-state index in [1.165, 1.54) is 122 Å². The smallest absolute Gasteiger partial charge is 0.0468 e. The molecule has 0 spiro atoms. The second kappa shape index (κ2) is 19.6. The van der Waals surface area contributed by atoms with E-state index in [2.05, 4.69) is 311 Å². The normalized spacial score (nSPS) is 16.1. The predicted molar refractivity (Wildman–Crippen MR) is 351 cm³/mol. The van der Waals surface area contributed by atoms with Crippen molar-refractivity contribution in [2.75, 3.05) is 9.80 Å². The Morgan fingerprint density at radius 1 is 0.390 bits per heavy atom. The Balaban J connectivity index is 0.648. The van der Waals surface area contributed by atoms with E-state index in [1.807, 2.05) is 0 Å². The molecular formula is C80H64N2. The molecule has 0 N–H and O–H groups in total. The molecule has 2 heteroatoms. The highest BCUT2D eigenvalue weighted by Gasteiger charge is 2.38. The zero-order valence-electron chi connectivity index (χ0n) is 47.1. The van der Waals surface area contributed by atoms with Crippen LogP contribution in [0.1, 0.15) is 85.0 Å². The first-order valence-electron chi connectivity index (χ1n) is 29.3. The Hall–Kier alpha value is -9.50. The van der Waals surface area contributed by atoms with E-state index in [0.29, 0.717) is 5.92 Å². The number of nitrogens with zero attached hydrogens (tertiary/aromatic N) is 2. The van der Waals surface area contributed by atoms with Gasteiger partial charge in [0.1, 0.15) is 0 Å². The number of aryl methyl sites for hydroxylation is 1. The van der Waals surface area contributed by atoms with E-state index in [9.17, 15) is 0 Å². The monoisotopic (exact) mass is 1050 g/mol. The zero-order valence-corrected chi connectivity index (χ0v) is 47.1. The molecule has 0 radical (unpaired) electrons. The van der Waals surface area contributed by atoms with Crippen LogP contribution in [-0.4, -0.2) is 0 Å². The van der Waals surface area contributed by atoms with Gasteiger partial charge in [0, 0.05) is 45.0 Å². The lowest BCUT2D eigenvalue weighted by molar-refractivity contribution is 0.660. The summed E-state index contributed by atoms with van der Waals surface area (Å²) in [7, 11) is 0. The minimum atomic E-state index is -0.184. The van der Waals surface area contributed by atoms with Gasteiger partial charge in [-0.3, -0.25) is 0 Å². The zero-order chi connectivity index (χ0) is 55.1. The lowest BCUT2D eigenvalue weighted by Gasteiger charge is -2.29. The maximum absolute atomic E-state index is 2.46. The van der Waals surface area contributed by atoms with Gasteiger partial charge in [-0.2, -0.15) is 0 Å². The van der Waals surface area contributed by atoms with Gasteiger partial charge in [-0.05, 0) is 203 Å². The van der Waals surface area contributed by atoms with E-state index >= 15 is 0 Å². The highest BCUT2D eigenvalue weighted by atomic mass is 15.1. The molecule has 1 unspecified atom stereocenters. The molecule has 0 aliphatic heterocycles. The summed E-state index contributed by atoms with van der Waals surface area (Å²) in [4.78, 5) is 4.89. The van der Waals surface area contributed by atoms with Crippen molar-refractivity contribution in [3.63, 3.8) is 0 Å². The predicted octanol–water partition coefficient (Wildman–Crippen LogP) is 21.9. The Kier molecular flexibility index (Phi) is 11.9. The number of anilines is 6. The first kappa shape index (κ1) is 49.5. The van der Waals surface area contributed by atoms with Crippen LogP contribution in [0, 0.1) is 5.92 Å². The molecule has 4 aliphatic rings. The number of rotatable bonds is 10. The van der Waals surface area contributed by atoms with Gasteiger partial charge in [-0.1, -0.05) is 228 Å². The maximum atomic E-state index is 2.46. The fourth-order valence-electron chi connectivity index (χ4n) is 13.7. The van der Waals surface area contributed by atoms with E-state index in [0.717, 1.165) is 36.3 Å². The van der Waals surface area contributed by atoms with E-state index < -0.39 is 0 Å². The van der Waals surface area contributed by atoms with Crippen molar-refractivity contribution in [1.29, 1.82) is 0 Å².